The molecule has 3 fully saturated rings. The standard InChI is InChI=1S/C18H28N4O3S/c1-19(2)26(24,25)21-11-15-9-10-17(13-21)22(12-15)18(23)14-20(3)16-7-5-4-6-8-16/h4-8,15,17H,9-14H2,1-3H3/t15-,17+/m1/s1. The highest BCUT2D eigenvalue weighted by atomic mass is 32.2. The molecule has 0 N–H and O–H groups in total. The molecule has 8 heteroatoms. The Balaban J connectivity index is 1.71. The second kappa shape index (κ2) is 7.54. The molecule has 0 aliphatic carbocycles. The summed E-state index contributed by atoms with van der Waals surface area (Å²) in [5, 5.41) is 0. The smallest absolute Gasteiger partial charge is 0.281 e. The SMILES string of the molecule is CN(CC(=O)N1C[C@@H]2CC[C@H]1CN(S(=O)(=O)N(C)C)C2)c1ccccc1. The van der Waals surface area contributed by atoms with Gasteiger partial charge in [0.05, 0.1) is 6.54 Å². The molecule has 0 saturated carbocycles. The molecule has 1 aromatic rings. The average Bonchev–Trinajstić information content (AvgIpc) is 2.95. The van der Waals surface area contributed by atoms with Crippen molar-refractivity contribution in [3.63, 3.8) is 0 Å². The maximum absolute atomic E-state index is 12.9. The van der Waals surface area contributed by atoms with Crippen molar-refractivity contribution >= 4 is 21.8 Å². The number of likely N-dealkylation sites (N-methyl/N-ethyl adjacent to an activating group) is 1. The van der Waals surface area contributed by atoms with Crippen LogP contribution in [-0.2, 0) is 15.0 Å². The van der Waals surface area contributed by atoms with E-state index in [1.807, 2.05) is 47.2 Å². The predicted molar refractivity (Wildman–Crippen MR) is 102 cm³/mol. The van der Waals surface area contributed by atoms with Gasteiger partial charge < -0.3 is 9.80 Å². The molecule has 7 nitrogen and oxygen atoms in total. The molecule has 26 heavy (non-hydrogen) atoms. The Morgan fingerprint density at radius 3 is 2.42 bits per heavy atom. The molecule has 3 heterocycles. The zero-order valence-corrected chi connectivity index (χ0v) is 16.5. The average molecular weight is 381 g/mol. The van der Waals surface area contributed by atoms with Gasteiger partial charge >= 0.3 is 0 Å². The van der Waals surface area contributed by atoms with Crippen molar-refractivity contribution in [2.24, 2.45) is 5.92 Å². The number of hydrogen-bond donors (Lipinski definition) is 0. The van der Waals surface area contributed by atoms with Crippen LogP contribution < -0.4 is 4.90 Å². The van der Waals surface area contributed by atoms with Gasteiger partial charge in [0.25, 0.3) is 10.2 Å². The molecule has 4 rings (SSSR count). The van der Waals surface area contributed by atoms with Crippen molar-refractivity contribution in [3.05, 3.63) is 30.3 Å². The summed E-state index contributed by atoms with van der Waals surface area (Å²) in [6.07, 6.45) is 1.84. The van der Waals surface area contributed by atoms with Crippen LogP contribution in [0.5, 0.6) is 0 Å². The van der Waals surface area contributed by atoms with Gasteiger partial charge in [0.1, 0.15) is 0 Å². The van der Waals surface area contributed by atoms with Crippen LogP contribution in [0.25, 0.3) is 0 Å². The van der Waals surface area contributed by atoms with Crippen LogP contribution in [0.1, 0.15) is 12.8 Å². The molecule has 2 atom stereocenters. The topological polar surface area (TPSA) is 64.2 Å². The third-order valence-electron chi connectivity index (χ3n) is 5.36. The number of amides is 1. The fraction of sp³-hybridized carbons (Fsp3) is 0.611. The molecule has 1 amide bonds. The minimum Gasteiger partial charge on any atom is -0.365 e. The van der Waals surface area contributed by atoms with Gasteiger partial charge in [-0.25, -0.2) is 0 Å². The van der Waals surface area contributed by atoms with Crippen LogP contribution in [0, 0.1) is 5.92 Å². The van der Waals surface area contributed by atoms with Crippen molar-refractivity contribution < 1.29 is 13.2 Å². The van der Waals surface area contributed by atoms with E-state index >= 15 is 0 Å². The van der Waals surface area contributed by atoms with Crippen molar-refractivity contribution in [2.75, 3.05) is 52.2 Å². The molecular weight excluding hydrogens is 352 g/mol. The lowest BCUT2D eigenvalue weighted by Crippen LogP contribution is -2.51. The maximum atomic E-state index is 12.9. The second-order valence-electron chi connectivity index (χ2n) is 7.44. The van der Waals surface area contributed by atoms with E-state index in [1.54, 1.807) is 18.4 Å². The Morgan fingerprint density at radius 1 is 1.08 bits per heavy atom. The molecule has 0 spiro atoms. The minimum absolute atomic E-state index is 0.0415. The molecule has 0 unspecified atom stereocenters. The zero-order valence-electron chi connectivity index (χ0n) is 15.7. The van der Waals surface area contributed by atoms with Gasteiger partial charge in [-0.3, -0.25) is 4.79 Å². The van der Waals surface area contributed by atoms with E-state index in [0.717, 1.165) is 18.5 Å². The number of piperidine rings is 1. The van der Waals surface area contributed by atoms with Crippen molar-refractivity contribution in [1.29, 1.82) is 0 Å². The summed E-state index contributed by atoms with van der Waals surface area (Å²) in [7, 11) is 1.57. The van der Waals surface area contributed by atoms with Crippen molar-refractivity contribution in [2.45, 2.75) is 18.9 Å². The van der Waals surface area contributed by atoms with Gasteiger partial charge in [0, 0.05) is 52.5 Å². The largest absolute Gasteiger partial charge is 0.365 e. The predicted octanol–water partition coefficient (Wildman–Crippen LogP) is 0.852. The molecule has 144 valence electrons. The van der Waals surface area contributed by atoms with Crippen LogP contribution in [0.4, 0.5) is 5.69 Å². The number of fused-ring (bicyclic) bond motifs is 4. The lowest BCUT2D eigenvalue weighted by molar-refractivity contribution is -0.133. The third-order valence-corrected chi connectivity index (χ3v) is 7.23. The molecule has 3 aliphatic heterocycles. The highest BCUT2D eigenvalue weighted by Crippen LogP contribution is 2.30. The van der Waals surface area contributed by atoms with Crippen LogP contribution >= 0.6 is 0 Å². The Labute approximate surface area is 156 Å². The van der Waals surface area contributed by atoms with Gasteiger partial charge in [-0.2, -0.15) is 17.0 Å². The number of hydrogen-bond acceptors (Lipinski definition) is 4. The first kappa shape index (κ1) is 19.1. The molecule has 1 aromatic carbocycles. The van der Waals surface area contributed by atoms with Crippen molar-refractivity contribution in [1.82, 2.24) is 13.5 Å². The quantitative estimate of drug-likeness (QED) is 0.760. The fourth-order valence-corrected chi connectivity index (χ4v) is 5.05. The summed E-state index contributed by atoms with van der Waals surface area (Å²) in [5.74, 6) is 0.268. The van der Waals surface area contributed by atoms with E-state index in [1.165, 1.54) is 4.31 Å². The molecule has 2 bridgehead atoms. The van der Waals surface area contributed by atoms with Crippen LogP contribution in [0.3, 0.4) is 0 Å². The number of carbonyl (C=O) groups is 1. The van der Waals surface area contributed by atoms with E-state index in [-0.39, 0.29) is 17.9 Å². The fourth-order valence-electron chi connectivity index (χ4n) is 3.83. The van der Waals surface area contributed by atoms with Crippen molar-refractivity contribution in [3.8, 4) is 0 Å². The lowest BCUT2D eigenvalue weighted by Gasteiger charge is -2.37. The Kier molecular flexibility index (Phi) is 5.55. The van der Waals surface area contributed by atoms with E-state index < -0.39 is 10.2 Å². The van der Waals surface area contributed by atoms with E-state index in [2.05, 4.69) is 0 Å². The van der Waals surface area contributed by atoms with E-state index in [4.69, 9.17) is 0 Å². The first-order valence-corrected chi connectivity index (χ1v) is 10.4. The normalized spacial score (nSPS) is 23.9. The van der Waals surface area contributed by atoms with Gasteiger partial charge in [-0.1, -0.05) is 18.2 Å². The molecule has 3 aliphatic rings. The van der Waals surface area contributed by atoms with Crippen LogP contribution in [0.15, 0.2) is 30.3 Å². The number of benzene rings is 1. The van der Waals surface area contributed by atoms with E-state index in [9.17, 15) is 13.2 Å². The Hall–Kier alpha value is -1.64. The highest BCUT2D eigenvalue weighted by Gasteiger charge is 2.41. The third kappa shape index (κ3) is 3.87. The monoisotopic (exact) mass is 380 g/mol. The number of anilines is 1. The summed E-state index contributed by atoms with van der Waals surface area (Å²) in [6.45, 7) is 1.83. The van der Waals surface area contributed by atoms with Crippen LogP contribution in [0.2, 0.25) is 0 Å². The molecule has 0 radical (unpaired) electrons. The van der Waals surface area contributed by atoms with Gasteiger partial charge in [0.2, 0.25) is 5.91 Å². The summed E-state index contributed by atoms with van der Waals surface area (Å²) in [5.41, 5.74) is 0.998. The number of nitrogens with zero attached hydrogens (tertiary/aromatic N) is 4. The Bertz CT molecular complexity index is 738. The first-order chi connectivity index (χ1) is 12.3. The second-order valence-corrected chi connectivity index (χ2v) is 9.58. The minimum atomic E-state index is -3.45. The summed E-state index contributed by atoms with van der Waals surface area (Å²) < 4.78 is 27.9. The number of rotatable bonds is 5. The van der Waals surface area contributed by atoms with Crippen LogP contribution in [-0.4, -0.2) is 81.2 Å². The Morgan fingerprint density at radius 2 is 1.77 bits per heavy atom. The molecule has 3 saturated heterocycles. The maximum Gasteiger partial charge on any atom is 0.281 e. The zero-order chi connectivity index (χ0) is 18.9. The van der Waals surface area contributed by atoms with Gasteiger partial charge in [-0.05, 0) is 30.9 Å². The summed E-state index contributed by atoms with van der Waals surface area (Å²) in [6, 6.07) is 9.77. The number of para-hydroxylation sites is 1. The number of carbonyl (C=O) groups excluding carboxylic acids is 1. The van der Waals surface area contributed by atoms with E-state index in [0.29, 0.717) is 26.2 Å². The summed E-state index contributed by atoms with van der Waals surface area (Å²) >= 11 is 0. The summed E-state index contributed by atoms with van der Waals surface area (Å²) in [4.78, 5) is 16.8. The lowest BCUT2D eigenvalue weighted by atomic mass is 9.95. The van der Waals surface area contributed by atoms with Gasteiger partial charge in [0.15, 0.2) is 0 Å². The highest BCUT2D eigenvalue weighted by molar-refractivity contribution is 7.86. The molecule has 0 aromatic heterocycles. The first-order valence-electron chi connectivity index (χ1n) is 9.02. The van der Waals surface area contributed by atoms with Gasteiger partial charge in [-0.15, -0.1) is 0 Å². The molecular formula is C18H28N4O3S.